The van der Waals surface area contributed by atoms with Crippen molar-refractivity contribution < 1.29 is 14.6 Å². The van der Waals surface area contributed by atoms with Crippen molar-refractivity contribution in [2.24, 2.45) is 0 Å². The highest BCUT2D eigenvalue weighted by Gasteiger charge is 2.23. The second-order valence-electron chi connectivity index (χ2n) is 5.17. The maximum Gasteiger partial charge on any atom is 0.127 e. The highest BCUT2D eigenvalue weighted by molar-refractivity contribution is 5.44. The Morgan fingerprint density at radius 3 is 3.05 bits per heavy atom. The molecule has 0 saturated heterocycles. The molecular formula is C15H23NO3. The minimum atomic E-state index is 0.238. The lowest BCUT2D eigenvalue weighted by atomic mass is 10.1. The molecule has 1 aliphatic rings. The number of aromatic hydroxyl groups is 1. The molecule has 0 aromatic heterocycles. The van der Waals surface area contributed by atoms with Crippen LogP contribution in [0.15, 0.2) is 18.2 Å². The Labute approximate surface area is 114 Å². The predicted molar refractivity (Wildman–Crippen MR) is 74.7 cm³/mol. The van der Waals surface area contributed by atoms with E-state index in [1.165, 1.54) is 0 Å². The Kier molecular flexibility index (Phi) is 5.05. The van der Waals surface area contributed by atoms with E-state index < -0.39 is 0 Å². The summed E-state index contributed by atoms with van der Waals surface area (Å²) in [5, 5.41) is 12.9. The summed E-state index contributed by atoms with van der Waals surface area (Å²) in [7, 11) is 0. The first-order chi connectivity index (χ1) is 9.16. The Morgan fingerprint density at radius 2 is 2.26 bits per heavy atom. The van der Waals surface area contributed by atoms with E-state index >= 15 is 0 Å². The summed E-state index contributed by atoms with van der Waals surface area (Å²) in [6, 6.07) is 5.55. The number of hydrogen-bond donors (Lipinski definition) is 2. The fourth-order valence-corrected chi connectivity index (χ4v) is 2.19. The van der Waals surface area contributed by atoms with Crippen LogP contribution in [-0.4, -0.2) is 31.0 Å². The van der Waals surface area contributed by atoms with E-state index in [4.69, 9.17) is 9.47 Å². The van der Waals surface area contributed by atoms with Gasteiger partial charge in [0.15, 0.2) is 0 Å². The fraction of sp³-hybridized carbons (Fsp3) is 0.600. The van der Waals surface area contributed by atoms with Crippen LogP contribution in [0.4, 0.5) is 0 Å². The zero-order valence-corrected chi connectivity index (χ0v) is 11.7. The number of benzene rings is 1. The van der Waals surface area contributed by atoms with Crippen LogP contribution in [0.2, 0.25) is 0 Å². The second kappa shape index (κ2) is 6.78. The normalized spacial score (nSPS) is 17.5. The van der Waals surface area contributed by atoms with E-state index in [0.717, 1.165) is 37.3 Å². The lowest BCUT2D eigenvalue weighted by Crippen LogP contribution is -2.23. The van der Waals surface area contributed by atoms with Crippen LogP contribution in [0.3, 0.4) is 0 Å². The molecule has 0 aliphatic carbocycles. The van der Waals surface area contributed by atoms with Crippen molar-refractivity contribution >= 4 is 0 Å². The molecule has 1 aromatic rings. The lowest BCUT2D eigenvalue weighted by molar-refractivity contribution is 0.0759. The molecule has 19 heavy (non-hydrogen) atoms. The van der Waals surface area contributed by atoms with E-state index in [1.807, 2.05) is 6.07 Å². The van der Waals surface area contributed by atoms with Crippen molar-refractivity contribution in [3.63, 3.8) is 0 Å². The summed E-state index contributed by atoms with van der Waals surface area (Å²) in [4.78, 5) is 0. The van der Waals surface area contributed by atoms with Crippen molar-refractivity contribution in [1.29, 1.82) is 0 Å². The van der Waals surface area contributed by atoms with E-state index in [1.54, 1.807) is 12.1 Å². The molecule has 0 amide bonds. The predicted octanol–water partition coefficient (Wildman–Crippen LogP) is 2.62. The van der Waals surface area contributed by atoms with Crippen molar-refractivity contribution in [1.82, 2.24) is 5.32 Å². The fourth-order valence-electron chi connectivity index (χ4n) is 2.19. The number of ether oxygens (including phenoxy) is 2. The molecule has 1 unspecified atom stereocenters. The molecule has 1 heterocycles. The van der Waals surface area contributed by atoms with Crippen LogP contribution in [0.5, 0.6) is 11.5 Å². The maximum atomic E-state index is 9.39. The Bertz CT molecular complexity index is 406. The summed E-state index contributed by atoms with van der Waals surface area (Å²) in [6.45, 7) is 6.53. The quantitative estimate of drug-likeness (QED) is 0.744. The van der Waals surface area contributed by atoms with Gasteiger partial charge in [-0.25, -0.2) is 0 Å². The molecule has 0 radical (unpaired) electrons. The van der Waals surface area contributed by atoms with Gasteiger partial charge in [0.1, 0.15) is 18.1 Å². The number of phenols is 1. The van der Waals surface area contributed by atoms with Gasteiger partial charge in [-0.15, -0.1) is 0 Å². The average Bonchev–Trinajstić information content (AvgIpc) is 2.75. The SMILES string of the molecule is CC(C)OCCCCNC1COc2cc(O)ccc21. The summed E-state index contributed by atoms with van der Waals surface area (Å²) in [5.41, 5.74) is 1.14. The molecule has 4 nitrogen and oxygen atoms in total. The minimum Gasteiger partial charge on any atom is -0.508 e. The van der Waals surface area contributed by atoms with Crippen LogP contribution in [0.1, 0.15) is 38.3 Å². The molecule has 106 valence electrons. The second-order valence-corrected chi connectivity index (χ2v) is 5.17. The third-order valence-corrected chi connectivity index (χ3v) is 3.19. The lowest BCUT2D eigenvalue weighted by Gasteiger charge is -2.12. The van der Waals surface area contributed by atoms with Gasteiger partial charge < -0.3 is 19.9 Å². The summed E-state index contributed by atoms with van der Waals surface area (Å²) < 4.78 is 11.1. The molecule has 1 atom stereocenters. The molecular weight excluding hydrogens is 242 g/mol. The first-order valence-corrected chi connectivity index (χ1v) is 6.97. The van der Waals surface area contributed by atoms with E-state index in [2.05, 4.69) is 19.2 Å². The van der Waals surface area contributed by atoms with Crippen molar-refractivity contribution in [3.05, 3.63) is 23.8 Å². The third-order valence-electron chi connectivity index (χ3n) is 3.19. The topological polar surface area (TPSA) is 50.7 Å². The third kappa shape index (κ3) is 4.11. The van der Waals surface area contributed by atoms with Gasteiger partial charge in [0, 0.05) is 18.2 Å². The molecule has 2 rings (SSSR count). The smallest absolute Gasteiger partial charge is 0.127 e. The monoisotopic (exact) mass is 265 g/mol. The Morgan fingerprint density at radius 1 is 1.42 bits per heavy atom. The highest BCUT2D eigenvalue weighted by Crippen LogP contribution is 2.34. The van der Waals surface area contributed by atoms with Crippen LogP contribution >= 0.6 is 0 Å². The molecule has 1 aromatic carbocycles. The van der Waals surface area contributed by atoms with Crippen molar-refractivity contribution in [2.45, 2.75) is 38.8 Å². The van der Waals surface area contributed by atoms with Crippen LogP contribution in [-0.2, 0) is 4.74 Å². The van der Waals surface area contributed by atoms with Gasteiger partial charge in [0.05, 0.1) is 12.1 Å². The maximum absolute atomic E-state index is 9.39. The van der Waals surface area contributed by atoms with Gasteiger partial charge in [0.2, 0.25) is 0 Å². The highest BCUT2D eigenvalue weighted by atomic mass is 16.5. The van der Waals surface area contributed by atoms with Gasteiger partial charge in [-0.3, -0.25) is 0 Å². The molecule has 0 fully saturated rings. The molecule has 2 N–H and O–H groups in total. The molecule has 4 heteroatoms. The first-order valence-electron chi connectivity index (χ1n) is 6.97. The molecule has 1 aliphatic heterocycles. The van der Waals surface area contributed by atoms with E-state index in [0.29, 0.717) is 12.7 Å². The van der Waals surface area contributed by atoms with Crippen molar-refractivity contribution in [2.75, 3.05) is 19.8 Å². The minimum absolute atomic E-state index is 0.238. The number of nitrogens with one attached hydrogen (secondary N) is 1. The zero-order valence-electron chi connectivity index (χ0n) is 11.7. The summed E-state index contributed by atoms with van der Waals surface area (Å²) in [6.07, 6.45) is 2.48. The largest absolute Gasteiger partial charge is 0.508 e. The molecule has 0 saturated carbocycles. The van der Waals surface area contributed by atoms with E-state index in [-0.39, 0.29) is 11.8 Å². The van der Waals surface area contributed by atoms with Crippen LogP contribution < -0.4 is 10.1 Å². The van der Waals surface area contributed by atoms with Crippen molar-refractivity contribution in [3.8, 4) is 11.5 Å². The van der Waals surface area contributed by atoms with Crippen LogP contribution in [0, 0.1) is 0 Å². The van der Waals surface area contributed by atoms with Gasteiger partial charge >= 0.3 is 0 Å². The number of hydrogen-bond acceptors (Lipinski definition) is 4. The standard InChI is InChI=1S/C15H23NO3/c1-11(2)18-8-4-3-7-16-14-10-19-15-9-12(17)5-6-13(14)15/h5-6,9,11,14,16-17H,3-4,7-8,10H2,1-2H3. The number of unbranched alkanes of at least 4 members (excludes halogenated alkanes) is 1. The van der Waals surface area contributed by atoms with Gasteiger partial charge in [0.25, 0.3) is 0 Å². The number of phenolic OH excluding ortho intramolecular Hbond substituents is 1. The average molecular weight is 265 g/mol. The van der Waals surface area contributed by atoms with E-state index in [9.17, 15) is 5.11 Å². The first kappa shape index (κ1) is 14.2. The van der Waals surface area contributed by atoms with Gasteiger partial charge in [-0.2, -0.15) is 0 Å². The Balaban J connectivity index is 1.69. The van der Waals surface area contributed by atoms with Gasteiger partial charge in [-0.1, -0.05) is 0 Å². The summed E-state index contributed by atoms with van der Waals surface area (Å²) >= 11 is 0. The number of rotatable bonds is 7. The van der Waals surface area contributed by atoms with Gasteiger partial charge in [-0.05, 0) is 45.4 Å². The summed E-state index contributed by atoms with van der Waals surface area (Å²) in [5.74, 6) is 1.05. The zero-order chi connectivity index (χ0) is 13.7. The number of fused-ring (bicyclic) bond motifs is 1. The molecule has 0 spiro atoms. The Hall–Kier alpha value is -1.26. The molecule has 0 bridgehead atoms. The van der Waals surface area contributed by atoms with Crippen LogP contribution in [0.25, 0.3) is 0 Å².